The molecular formula is C13H17BrN2O. The summed E-state index contributed by atoms with van der Waals surface area (Å²) >= 11 is 3.28. The van der Waals surface area contributed by atoms with E-state index in [0.717, 1.165) is 24.0 Å². The molecule has 1 fully saturated rings. The van der Waals surface area contributed by atoms with Crippen LogP contribution in [0.5, 0.6) is 0 Å². The van der Waals surface area contributed by atoms with E-state index >= 15 is 0 Å². The van der Waals surface area contributed by atoms with Crippen LogP contribution in [-0.4, -0.2) is 28.4 Å². The summed E-state index contributed by atoms with van der Waals surface area (Å²) in [6.07, 6.45) is 6.41. The van der Waals surface area contributed by atoms with Crippen molar-refractivity contribution in [2.45, 2.75) is 38.6 Å². The van der Waals surface area contributed by atoms with Crippen LogP contribution in [0.15, 0.2) is 22.9 Å². The Morgan fingerprint density at radius 1 is 1.47 bits per heavy atom. The van der Waals surface area contributed by atoms with Gasteiger partial charge in [0.05, 0.1) is 5.56 Å². The minimum atomic E-state index is 0.111. The van der Waals surface area contributed by atoms with Gasteiger partial charge >= 0.3 is 0 Å². The molecular weight excluding hydrogens is 280 g/mol. The lowest BCUT2D eigenvalue weighted by Crippen LogP contribution is -2.38. The van der Waals surface area contributed by atoms with Crippen molar-refractivity contribution in [2.75, 3.05) is 6.54 Å². The fourth-order valence-corrected chi connectivity index (χ4v) is 2.69. The van der Waals surface area contributed by atoms with Crippen LogP contribution in [0.25, 0.3) is 0 Å². The predicted molar refractivity (Wildman–Crippen MR) is 70.9 cm³/mol. The number of hydrogen-bond donors (Lipinski definition) is 0. The van der Waals surface area contributed by atoms with Crippen LogP contribution in [0.1, 0.15) is 43.0 Å². The maximum absolute atomic E-state index is 12.3. The summed E-state index contributed by atoms with van der Waals surface area (Å²) in [5.74, 6) is 0.111. The second kappa shape index (κ2) is 5.63. The Kier molecular flexibility index (Phi) is 4.15. The molecule has 0 bridgehead atoms. The highest BCUT2D eigenvalue weighted by molar-refractivity contribution is 9.10. The van der Waals surface area contributed by atoms with Crippen LogP contribution >= 0.6 is 15.9 Å². The Labute approximate surface area is 110 Å². The molecule has 0 atom stereocenters. The van der Waals surface area contributed by atoms with Crippen molar-refractivity contribution >= 4 is 21.8 Å². The zero-order chi connectivity index (χ0) is 12.3. The van der Waals surface area contributed by atoms with Gasteiger partial charge in [0.1, 0.15) is 4.60 Å². The summed E-state index contributed by atoms with van der Waals surface area (Å²) in [5, 5.41) is 0. The molecule has 0 aliphatic heterocycles. The highest BCUT2D eigenvalue weighted by Gasteiger charge is 2.26. The van der Waals surface area contributed by atoms with Crippen molar-refractivity contribution in [1.29, 1.82) is 0 Å². The van der Waals surface area contributed by atoms with Gasteiger partial charge in [-0.15, -0.1) is 0 Å². The fourth-order valence-electron chi connectivity index (χ4n) is 2.45. The second-order valence-electron chi connectivity index (χ2n) is 4.40. The summed E-state index contributed by atoms with van der Waals surface area (Å²) < 4.78 is 0.762. The molecule has 1 aromatic rings. The Morgan fingerprint density at radius 3 is 2.71 bits per heavy atom. The van der Waals surface area contributed by atoms with Crippen LogP contribution in [-0.2, 0) is 0 Å². The summed E-state index contributed by atoms with van der Waals surface area (Å²) in [6.45, 7) is 2.82. The van der Waals surface area contributed by atoms with Crippen molar-refractivity contribution in [1.82, 2.24) is 9.88 Å². The lowest BCUT2D eigenvalue weighted by Gasteiger charge is -2.27. The molecule has 17 heavy (non-hydrogen) atoms. The first-order chi connectivity index (χ1) is 8.22. The Balaban J connectivity index is 2.13. The third kappa shape index (κ3) is 2.86. The molecule has 92 valence electrons. The standard InChI is InChI=1S/C13H17BrN2O/c1-2-16(11-5-3-4-6-11)13(17)10-7-8-12(14)15-9-10/h7-9,11H,2-6H2,1H3. The van der Waals surface area contributed by atoms with Gasteiger partial charge in [-0.1, -0.05) is 12.8 Å². The van der Waals surface area contributed by atoms with Crippen molar-refractivity contribution in [3.63, 3.8) is 0 Å². The third-order valence-electron chi connectivity index (χ3n) is 3.34. The molecule has 1 aliphatic carbocycles. The number of nitrogens with zero attached hydrogens (tertiary/aromatic N) is 2. The van der Waals surface area contributed by atoms with Gasteiger partial charge in [-0.2, -0.15) is 0 Å². The normalized spacial score (nSPS) is 16.1. The number of aromatic nitrogens is 1. The number of carbonyl (C=O) groups excluding carboxylic acids is 1. The number of amides is 1. The van der Waals surface area contributed by atoms with Gasteiger partial charge in [-0.3, -0.25) is 4.79 Å². The fraction of sp³-hybridized carbons (Fsp3) is 0.538. The molecule has 0 N–H and O–H groups in total. The molecule has 0 unspecified atom stereocenters. The van der Waals surface area contributed by atoms with E-state index in [1.165, 1.54) is 12.8 Å². The van der Waals surface area contributed by atoms with Crippen molar-refractivity contribution in [3.05, 3.63) is 28.5 Å². The second-order valence-corrected chi connectivity index (χ2v) is 5.21. The summed E-state index contributed by atoms with van der Waals surface area (Å²) in [6, 6.07) is 4.07. The quantitative estimate of drug-likeness (QED) is 0.802. The molecule has 0 aromatic carbocycles. The zero-order valence-corrected chi connectivity index (χ0v) is 11.6. The maximum atomic E-state index is 12.3. The lowest BCUT2D eigenvalue weighted by atomic mass is 10.1. The molecule has 1 aliphatic rings. The van der Waals surface area contributed by atoms with Gasteiger partial charge in [0, 0.05) is 18.8 Å². The molecule has 2 rings (SSSR count). The summed E-state index contributed by atoms with van der Waals surface area (Å²) in [5.41, 5.74) is 0.682. The number of pyridine rings is 1. The molecule has 0 saturated heterocycles. The van der Waals surface area contributed by atoms with E-state index in [-0.39, 0.29) is 5.91 Å². The van der Waals surface area contributed by atoms with Gasteiger partial charge in [0.25, 0.3) is 5.91 Å². The van der Waals surface area contributed by atoms with E-state index in [4.69, 9.17) is 0 Å². The monoisotopic (exact) mass is 296 g/mol. The Bertz CT molecular complexity index is 385. The Morgan fingerprint density at radius 2 is 2.18 bits per heavy atom. The minimum Gasteiger partial charge on any atom is -0.336 e. The maximum Gasteiger partial charge on any atom is 0.255 e. The van der Waals surface area contributed by atoms with E-state index in [1.54, 1.807) is 6.20 Å². The minimum absolute atomic E-state index is 0.111. The SMILES string of the molecule is CCN(C(=O)c1ccc(Br)nc1)C1CCCC1. The zero-order valence-electron chi connectivity index (χ0n) is 10.0. The van der Waals surface area contributed by atoms with Gasteiger partial charge in [-0.05, 0) is 47.8 Å². The van der Waals surface area contributed by atoms with E-state index in [0.29, 0.717) is 11.6 Å². The van der Waals surface area contributed by atoms with Crippen LogP contribution < -0.4 is 0 Å². The van der Waals surface area contributed by atoms with Crippen molar-refractivity contribution in [2.24, 2.45) is 0 Å². The van der Waals surface area contributed by atoms with Crippen LogP contribution in [0.2, 0.25) is 0 Å². The molecule has 1 amide bonds. The first-order valence-electron chi connectivity index (χ1n) is 6.15. The van der Waals surface area contributed by atoms with E-state index in [9.17, 15) is 4.79 Å². The van der Waals surface area contributed by atoms with Gasteiger partial charge in [-0.25, -0.2) is 4.98 Å². The smallest absolute Gasteiger partial charge is 0.255 e. The molecule has 3 nitrogen and oxygen atoms in total. The summed E-state index contributed by atoms with van der Waals surface area (Å²) in [4.78, 5) is 18.4. The average Bonchev–Trinajstić information content (AvgIpc) is 2.84. The number of carbonyl (C=O) groups is 1. The van der Waals surface area contributed by atoms with Crippen LogP contribution in [0.3, 0.4) is 0 Å². The molecule has 1 heterocycles. The number of rotatable bonds is 3. The van der Waals surface area contributed by atoms with E-state index in [2.05, 4.69) is 20.9 Å². The highest BCUT2D eigenvalue weighted by atomic mass is 79.9. The molecule has 1 saturated carbocycles. The lowest BCUT2D eigenvalue weighted by molar-refractivity contribution is 0.0693. The largest absolute Gasteiger partial charge is 0.336 e. The van der Waals surface area contributed by atoms with Crippen molar-refractivity contribution < 1.29 is 4.79 Å². The van der Waals surface area contributed by atoms with Crippen LogP contribution in [0, 0.1) is 0 Å². The number of halogens is 1. The van der Waals surface area contributed by atoms with Gasteiger partial charge in [0.2, 0.25) is 0 Å². The van der Waals surface area contributed by atoms with E-state index in [1.807, 2.05) is 24.0 Å². The van der Waals surface area contributed by atoms with E-state index < -0.39 is 0 Å². The topological polar surface area (TPSA) is 33.2 Å². The third-order valence-corrected chi connectivity index (χ3v) is 3.81. The van der Waals surface area contributed by atoms with Gasteiger partial charge < -0.3 is 4.90 Å². The molecule has 0 radical (unpaired) electrons. The van der Waals surface area contributed by atoms with Crippen LogP contribution in [0.4, 0.5) is 0 Å². The first-order valence-corrected chi connectivity index (χ1v) is 6.94. The molecule has 1 aromatic heterocycles. The predicted octanol–water partition coefficient (Wildman–Crippen LogP) is 3.25. The average molecular weight is 297 g/mol. The molecule has 0 spiro atoms. The summed E-state index contributed by atoms with van der Waals surface area (Å²) in [7, 11) is 0. The van der Waals surface area contributed by atoms with Crippen molar-refractivity contribution in [3.8, 4) is 0 Å². The highest BCUT2D eigenvalue weighted by Crippen LogP contribution is 2.24. The molecule has 4 heteroatoms. The first kappa shape index (κ1) is 12.6. The Hall–Kier alpha value is -0.900. The number of hydrogen-bond acceptors (Lipinski definition) is 2. The van der Waals surface area contributed by atoms with Gasteiger partial charge in [0.15, 0.2) is 0 Å².